The highest BCUT2D eigenvalue weighted by Crippen LogP contribution is 2.28. The van der Waals surface area contributed by atoms with Gasteiger partial charge in [-0.3, -0.25) is 9.36 Å². The Kier molecular flexibility index (Phi) is 3.49. The molecule has 0 bridgehead atoms. The van der Waals surface area contributed by atoms with Crippen molar-refractivity contribution in [3.8, 4) is 11.1 Å². The molecule has 26 heavy (non-hydrogen) atoms. The van der Waals surface area contributed by atoms with Gasteiger partial charge in [0.15, 0.2) is 16.8 Å². The molecule has 1 fully saturated rings. The third-order valence-electron chi connectivity index (χ3n) is 5.02. The molecule has 1 aromatic carbocycles. The van der Waals surface area contributed by atoms with Crippen LogP contribution in [0.2, 0.25) is 5.02 Å². The lowest BCUT2D eigenvalue weighted by Crippen LogP contribution is -2.25. The van der Waals surface area contributed by atoms with Crippen molar-refractivity contribution >= 4 is 28.4 Å². The number of hydrogen-bond acceptors (Lipinski definition) is 5. The normalized spacial score (nSPS) is 15.3. The molecule has 5 rings (SSSR count). The summed E-state index contributed by atoms with van der Waals surface area (Å²) in [5.74, 6) is 0. The summed E-state index contributed by atoms with van der Waals surface area (Å²) in [6.45, 7) is 0. The monoisotopic (exact) mass is 366 g/mol. The lowest BCUT2D eigenvalue weighted by molar-refractivity contribution is 0.497. The standard InChI is InChI=1S/C18H15ClN6O/c19-12-7-5-11(6-8-12)14-9-21-25-16(14)23-22-15-17(25)20-10-24(18(15)26)13-3-1-2-4-13/h5-10,13H,1-4H2. The van der Waals surface area contributed by atoms with Crippen molar-refractivity contribution in [1.29, 1.82) is 0 Å². The molecule has 0 radical (unpaired) electrons. The molecule has 0 aliphatic heterocycles. The lowest BCUT2D eigenvalue weighted by atomic mass is 10.1. The number of rotatable bonds is 2. The van der Waals surface area contributed by atoms with Crippen molar-refractivity contribution < 1.29 is 0 Å². The van der Waals surface area contributed by atoms with Gasteiger partial charge in [0, 0.05) is 16.6 Å². The fraction of sp³-hybridized carbons (Fsp3) is 0.278. The van der Waals surface area contributed by atoms with Gasteiger partial charge in [-0.2, -0.15) is 9.61 Å². The summed E-state index contributed by atoms with van der Waals surface area (Å²) in [5.41, 5.74) is 2.83. The van der Waals surface area contributed by atoms with Crippen LogP contribution in [0.5, 0.6) is 0 Å². The Morgan fingerprint density at radius 2 is 1.81 bits per heavy atom. The molecule has 130 valence electrons. The molecule has 0 amide bonds. The Morgan fingerprint density at radius 3 is 2.58 bits per heavy atom. The third kappa shape index (κ3) is 2.31. The van der Waals surface area contributed by atoms with E-state index in [0.29, 0.717) is 16.3 Å². The Balaban J connectivity index is 1.70. The van der Waals surface area contributed by atoms with Crippen LogP contribution in [0.4, 0.5) is 0 Å². The van der Waals surface area contributed by atoms with Crippen LogP contribution >= 0.6 is 11.6 Å². The first-order valence-corrected chi connectivity index (χ1v) is 8.97. The van der Waals surface area contributed by atoms with Gasteiger partial charge in [-0.25, -0.2) is 4.98 Å². The molecule has 1 aliphatic carbocycles. The number of hydrogen-bond donors (Lipinski definition) is 0. The molecule has 1 aliphatic rings. The lowest BCUT2D eigenvalue weighted by Gasteiger charge is -2.12. The number of nitrogens with zero attached hydrogens (tertiary/aromatic N) is 6. The summed E-state index contributed by atoms with van der Waals surface area (Å²) >= 11 is 5.96. The molecule has 0 saturated heterocycles. The van der Waals surface area contributed by atoms with E-state index in [1.165, 1.54) is 0 Å². The predicted molar refractivity (Wildman–Crippen MR) is 98.3 cm³/mol. The van der Waals surface area contributed by atoms with Crippen LogP contribution in [0, 0.1) is 0 Å². The molecular weight excluding hydrogens is 352 g/mol. The summed E-state index contributed by atoms with van der Waals surface area (Å²) < 4.78 is 3.27. The van der Waals surface area contributed by atoms with E-state index < -0.39 is 0 Å². The van der Waals surface area contributed by atoms with E-state index in [1.54, 1.807) is 21.6 Å². The van der Waals surface area contributed by atoms with Crippen LogP contribution < -0.4 is 5.56 Å². The Bertz CT molecular complexity index is 1170. The quantitative estimate of drug-likeness (QED) is 0.544. The van der Waals surface area contributed by atoms with Gasteiger partial charge in [0.25, 0.3) is 5.56 Å². The van der Waals surface area contributed by atoms with Gasteiger partial charge < -0.3 is 0 Å². The summed E-state index contributed by atoms with van der Waals surface area (Å²) in [6.07, 6.45) is 7.62. The highest BCUT2D eigenvalue weighted by Gasteiger charge is 2.21. The molecule has 0 spiro atoms. The smallest absolute Gasteiger partial charge is 0.283 e. The van der Waals surface area contributed by atoms with E-state index in [2.05, 4.69) is 20.3 Å². The van der Waals surface area contributed by atoms with Crippen molar-refractivity contribution in [2.75, 3.05) is 0 Å². The Morgan fingerprint density at radius 1 is 1.04 bits per heavy atom. The fourth-order valence-electron chi connectivity index (χ4n) is 3.66. The highest BCUT2D eigenvalue weighted by atomic mass is 35.5. The van der Waals surface area contributed by atoms with Crippen molar-refractivity contribution in [3.05, 3.63) is 52.2 Å². The maximum absolute atomic E-state index is 12.8. The van der Waals surface area contributed by atoms with Gasteiger partial charge in [-0.1, -0.05) is 36.6 Å². The molecular formula is C18H15ClN6O. The Labute approximate surface area is 153 Å². The number of halogens is 1. The zero-order valence-corrected chi connectivity index (χ0v) is 14.6. The van der Waals surface area contributed by atoms with Crippen LogP contribution in [0.15, 0.2) is 41.6 Å². The molecule has 0 N–H and O–H groups in total. The van der Waals surface area contributed by atoms with Gasteiger partial charge in [-0.05, 0) is 30.5 Å². The first-order valence-electron chi connectivity index (χ1n) is 8.59. The summed E-state index contributed by atoms with van der Waals surface area (Å²) in [5, 5.41) is 13.5. The summed E-state index contributed by atoms with van der Waals surface area (Å²) in [7, 11) is 0. The largest absolute Gasteiger partial charge is 0.294 e. The molecule has 3 aromatic heterocycles. The SMILES string of the molecule is O=c1c2nnc3c(-c4ccc(Cl)cc4)cnn3c2ncn1C1CCCC1. The second kappa shape index (κ2) is 5.88. The number of benzene rings is 1. The van der Waals surface area contributed by atoms with E-state index in [1.807, 2.05) is 24.3 Å². The van der Waals surface area contributed by atoms with Crippen LogP contribution in [0.1, 0.15) is 31.7 Å². The zero-order valence-electron chi connectivity index (χ0n) is 13.8. The van der Waals surface area contributed by atoms with E-state index in [9.17, 15) is 4.79 Å². The first-order chi connectivity index (χ1) is 12.7. The third-order valence-corrected chi connectivity index (χ3v) is 5.27. The average Bonchev–Trinajstić information content (AvgIpc) is 3.32. The van der Waals surface area contributed by atoms with Crippen LogP contribution in [-0.4, -0.2) is 29.4 Å². The van der Waals surface area contributed by atoms with Crippen molar-refractivity contribution in [2.24, 2.45) is 0 Å². The molecule has 0 unspecified atom stereocenters. The molecule has 8 heteroatoms. The topological polar surface area (TPSA) is 78.0 Å². The van der Waals surface area contributed by atoms with Crippen LogP contribution in [0.3, 0.4) is 0 Å². The van der Waals surface area contributed by atoms with Crippen LogP contribution in [0.25, 0.3) is 27.9 Å². The molecule has 0 atom stereocenters. The fourth-order valence-corrected chi connectivity index (χ4v) is 3.78. The predicted octanol–water partition coefficient (Wildman–Crippen LogP) is 3.27. The second-order valence-corrected chi connectivity index (χ2v) is 7.00. The van der Waals surface area contributed by atoms with Crippen molar-refractivity contribution in [1.82, 2.24) is 29.4 Å². The second-order valence-electron chi connectivity index (χ2n) is 6.57. The van der Waals surface area contributed by atoms with Gasteiger partial charge >= 0.3 is 0 Å². The van der Waals surface area contributed by atoms with Crippen molar-refractivity contribution in [2.45, 2.75) is 31.7 Å². The minimum Gasteiger partial charge on any atom is -0.294 e. The molecule has 1 saturated carbocycles. The van der Waals surface area contributed by atoms with E-state index in [-0.39, 0.29) is 17.1 Å². The van der Waals surface area contributed by atoms with Gasteiger partial charge in [0.2, 0.25) is 0 Å². The highest BCUT2D eigenvalue weighted by molar-refractivity contribution is 6.30. The number of fused-ring (bicyclic) bond motifs is 3. The van der Waals surface area contributed by atoms with E-state index in [4.69, 9.17) is 11.6 Å². The molecule has 7 nitrogen and oxygen atoms in total. The first kappa shape index (κ1) is 15.5. The number of aromatic nitrogens is 6. The van der Waals surface area contributed by atoms with E-state index in [0.717, 1.165) is 36.8 Å². The average molecular weight is 367 g/mol. The molecule has 4 aromatic rings. The van der Waals surface area contributed by atoms with E-state index >= 15 is 0 Å². The van der Waals surface area contributed by atoms with Crippen molar-refractivity contribution in [3.63, 3.8) is 0 Å². The summed E-state index contributed by atoms with van der Waals surface area (Å²) in [6, 6.07) is 7.63. The maximum atomic E-state index is 12.8. The minimum absolute atomic E-state index is 0.153. The Hall–Kier alpha value is -2.80. The molecule has 3 heterocycles. The van der Waals surface area contributed by atoms with Gasteiger partial charge in [0.1, 0.15) is 6.33 Å². The maximum Gasteiger partial charge on any atom is 0.283 e. The minimum atomic E-state index is -0.153. The zero-order chi connectivity index (χ0) is 17.7. The van der Waals surface area contributed by atoms with Crippen LogP contribution in [-0.2, 0) is 0 Å². The van der Waals surface area contributed by atoms with Gasteiger partial charge in [-0.15, -0.1) is 10.2 Å². The summed E-state index contributed by atoms with van der Waals surface area (Å²) in [4.78, 5) is 17.3. The van der Waals surface area contributed by atoms with Gasteiger partial charge in [0.05, 0.1) is 6.20 Å².